The molecule has 0 spiro atoms. The van der Waals surface area contributed by atoms with Crippen molar-refractivity contribution in [1.82, 2.24) is 5.09 Å². The normalized spacial score (nSPS) is 17.2. The van der Waals surface area contributed by atoms with Gasteiger partial charge in [0.1, 0.15) is 5.75 Å². The Kier molecular flexibility index (Phi) is 5.99. The van der Waals surface area contributed by atoms with Gasteiger partial charge in [-0.3, -0.25) is 9.88 Å². The summed E-state index contributed by atoms with van der Waals surface area (Å²) in [4.78, 5) is 13.6. The van der Waals surface area contributed by atoms with Crippen LogP contribution in [-0.2, 0) is 11.8 Å². The molecule has 0 saturated heterocycles. The lowest BCUT2D eigenvalue weighted by Crippen LogP contribution is -2.39. The number of carbonyl (C=O) groups is 1. The van der Waals surface area contributed by atoms with Gasteiger partial charge in [-0.1, -0.05) is 120 Å². The predicted molar refractivity (Wildman–Crippen MR) is 139 cm³/mol. The van der Waals surface area contributed by atoms with Crippen LogP contribution in [0, 0.1) is 6.92 Å². The first kappa shape index (κ1) is 21.8. The van der Waals surface area contributed by atoms with Crippen LogP contribution >= 0.6 is 6.19 Å². The summed E-state index contributed by atoms with van der Waals surface area (Å²) in [6.07, 6.45) is -3.16. The van der Waals surface area contributed by atoms with Gasteiger partial charge in [-0.25, -0.2) is 0 Å². The highest BCUT2D eigenvalue weighted by molar-refractivity contribution is 8.20. The minimum Gasteiger partial charge on any atom is -0.480 e. The van der Waals surface area contributed by atoms with Crippen LogP contribution < -0.4 is 20.4 Å². The first-order valence-corrected chi connectivity index (χ1v) is 13.7. The highest BCUT2D eigenvalue weighted by Crippen LogP contribution is 2.47. The Balaban J connectivity index is 1.63. The van der Waals surface area contributed by atoms with E-state index in [9.17, 15) is 4.79 Å². The molecule has 164 valence electrons. The van der Waals surface area contributed by atoms with Gasteiger partial charge in [0.15, 0.2) is 6.10 Å². The fourth-order valence-electron chi connectivity index (χ4n) is 4.26. The summed E-state index contributed by atoms with van der Waals surface area (Å²) in [5.74, 6) is 0.680. The second-order valence-electron chi connectivity index (χ2n) is 8.20. The minimum absolute atomic E-state index is 0.0513. The van der Waals surface area contributed by atoms with Crippen molar-refractivity contribution in [3.05, 3.63) is 126 Å². The van der Waals surface area contributed by atoms with E-state index in [-0.39, 0.29) is 11.8 Å². The van der Waals surface area contributed by atoms with Crippen molar-refractivity contribution in [3.8, 4) is 5.75 Å². The molecule has 1 aliphatic heterocycles. The molecule has 0 aliphatic carbocycles. The van der Waals surface area contributed by atoms with Crippen molar-refractivity contribution < 1.29 is 9.53 Å². The maximum atomic E-state index is 13.6. The van der Waals surface area contributed by atoms with Gasteiger partial charge in [0, 0.05) is 21.7 Å². The number of ether oxygens (including phenoxy) is 1. The van der Waals surface area contributed by atoms with Crippen molar-refractivity contribution in [2.45, 2.75) is 19.1 Å². The lowest BCUT2D eigenvalue weighted by atomic mass is 9.97. The fraction of sp³-hybridized carbons (Fsp3) is 0.107. The minimum atomic E-state index is -2.46. The van der Waals surface area contributed by atoms with E-state index in [2.05, 4.69) is 35.4 Å². The SMILES string of the molecule is Cc1ccc2c(c1)[C@@H](NP(=S)(c1ccccc1)c1ccccc1)[C@H](C(=O)c1ccccc1)O2. The van der Waals surface area contributed by atoms with Crippen LogP contribution in [0.5, 0.6) is 5.75 Å². The van der Waals surface area contributed by atoms with Crippen molar-refractivity contribution in [2.75, 3.05) is 0 Å². The van der Waals surface area contributed by atoms with E-state index >= 15 is 0 Å². The molecule has 1 N–H and O–H groups in total. The van der Waals surface area contributed by atoms with Gasteiger partial charge in [-0.15, -0.1) is 0 Å². The quantitative estimate of drug-likeness (QED) is 0.307. The smallest absolute Gasteiger partial charge is 0.205 e. The van der Waals surface area contributed by atoms with E-state index in [0.717, 1.165) is 27.5 Å². The van der Waals surface area contributed by atoms with Crippen LogP contribution in [0.15, 0.2) is 109 Å². The van der Waals surface area contributed by atoms with E-state index in [4.69, 9.17) is 16.5 Å². The molecule has 33 heavy (non-hydrogen) atoms. The second-order valence-corrected chi connectivity index (χ2v) is 12.3. The number of hydrogen-bond donors (Lipinski definition) is 1. The van der Waals surface area contributed by atoms with Crippen LogP contribution in [0.25, 0.3) is 0 Å². The van der Waals surface area contributed by atoms with Crippen molar-refractivity contribution in [2.24, 2.45) is 0 Å². The van der Waals surface area contributed by atoms with Gasteiger partial charge in [-0.05, 0) is 13.0 Å². The van der Waals surface area contributed by atoms with E-state index in [0.29, 0.717) is 5.56 Å². The molecule has 0 aromatic heterocycles. The molecule has 1 aliphatic rings. The molecule has 2 atom stereocenters. The summed E-state index contributed by atoms with van der Waals surface area (Å²) < 4.78 is 6.27. The zero-order chi connectivity index (χ0) is 22.8. The summed E-state index contributed by atoms with van der Waals surface area (Å²) in [5, 5.41) is 5.90. The first-order chi connectivity index (χ1) is 16.1. The predicted octanol–water partition coefficient (Wildman–Crippen LogP) is 5.32. The van der Waals surface area contributed by atoms with E-state index in [1.165, 1.54) is 0 Å². The number of benzene rings is 4. The lowest BCUT2D eigenvalue weighted by Gasteiger charge is -2.30. The molecular weight excluding hydrogens is 445 g/mol. The van der Waals surface area contributed by atoms with Crippen LogP contribution in [0.1, 0.15) is 27.5 Å². The van der Waals surface area contributed by atoms with Gasteiger partial charge >= 0.3 is 0 Å². The van der Waals surface area contributed by atoms with Crippen LogP contribution in [0.4, 0.5) is 0 Å². The number of Topliss-reactive ketones (excluding diaryl/α,β-unsaturated/α-hetero) is 1. The van der Waals surface area contributed by atoms with Crippen LogP contribution in [0.3, 0.4) is 0 Å². The van der Waals surface area contributed by atoms with E-state index in [1.807, 2.05) is 85.8 Å². The second kappa shape index (κ2) is 9.07. The molecule has 1 heterocycles. The molecule has 5 rings (SSSR count). The summed E-state index contributed by atoms with van der Waals surface area (Å²) in [6.45, 7) is 2.05. The van der Waals surface area contributed by atoms with Gasteiger partial charge in [0.05, 0.1) is 12.2 Å². The number of aryl methyl sites for hydroxylation is 1. The van der Waals surface area contributed by atoms with Gasteiger partial charge in [0.25, 0.3) is 0 Å². The van der Waals surface area contributed by atoms with Crippen molar-refractivity contribution in [3.63, 3.8) is 0 Å². The number of nitrogens with one attached hydrogen (secondary N) is 1. The third kappa shape index (κ3) is 4.18. The molecule has 0 unspecified atom stereocenters. The van der Waals surface area contributed by atoms with Crippen LogP contribution in [-0.4, -0.2) is 11.9 Å². The zero-order valence-corrected chi connectivity index (χ0v) is 19.9. The van der Waals surface area contributed by atoms with Crippen LogP contribution in [0.2, 0.25) is 0 Å². The highest BCUT2D eigenvalue weighted by Gasteiger charge is 2.42. The molecule has 0 fully saturated rings. The summed E-state index contributed by atoms with van der Waals surface area (Å²) in [7, 11) is 0. The maximum absolute atomic E-state index is 13.6. The van der Waals surface area contributed by atoms with Gasteiger partial charge in [-0.2, -0.15) is 0 Å². The average Bonchev–Trinajstić information content (AvgIpc) is 3.22. The number of fused-ring (bicyclic) bond motifs is 1. The molecule has 5 heteroatoms. The van der Waals surface area contributed by atoms with Crippen molar-refractivity contribution in [1.29, 1.82) is 0 Å². The third-order valence-electron chi connectivity index (χ3n) is 5.93. The fourth-order valence-corrected chi connectivity index (χ4v) is 7.78. The zero-order valence-electron chi connectivity index (χ0n) is 18.2. The van der Waals surface area contributed by atoms with Gasteiger partial charge in [0.2, 0.25) is 5.78 Å². The van der Waals surface area contributed by atoms with Gasteiger partial charge < -0.3 is 4.74 Å². The maximum Gasteiger partial charge on any atom is 0.205 e. The Morgan fingerprint density at radius 1 is 0.818 bits per heavy atom. The molecule has 0 saturated carbocycles. The Morgan fingerprint density at radius 2 is 1.36 bits per heavy atom. The number of carbonyl (C=O) groups excluding carboxylic acids is 1. The molecule has 3 nitrogen and oxygen atoms in total. The molecule has 4 aromatic carbocycles. The number of hydrogen-bond acceptors (Lipinski definition) is 3. The Hall–Kier alpha value is -3.04. The Morgan fingerprint density at radius 3 is 1.94 bits per heavy atom. The molecule has 0 radical (unpaired) electrons. The lowest BCUT2D eigenvalue weighted by molar-refractivity contribution is 0.0787. The van der Waals surface area contributed by atoms with Crippen molar-refractivity contribution >= 4 is 34.4 Å². The monoisotopic (exact) mass is 469 g/mol. The molecule has 4 aromatic rings. The summed E-state index contributed by atoms with van der Waals surface area (Å²) in [6, 6.07) is 35.3. The number of ketones is 1. The molecular formula is C28H24NO2PS. The number of rotatable bonds is 6. The summed E-state index contributed by atoms with van der Waals surface area (Å²) in [5.41, 5.74) is 2.72. The summed E-state index contributed by atoms with van der Waals surface area (Å²) >= 11 is 6.42. The topological polar surface area (TPSA) is 38.3 Å². The third-order valence-corrected chi connectivity index (χ3v) is 10.2. The average molecular weight is 470 g/mol. The standard InChI is InChI=1S/C28H24NO2PS/c1-20-17-18-25-24(19-20)26(28(31-25)27(30)21-11-5-2-6-12-21)29-32(33,22-13-7-3-8-14-22)23-15-9-4-10-16-23/h2-19,26,28H,1H3,(H,29,33)/t26-,28-/m1/s1. The first-order valence-electron chi connectivity index (χ1n) is 10.9. The Bertz CT molecular complexity index is 1280. The molecule has 0 amide bonds. The van der Waals surface area contributed by atoms with E-state index in [1.54, 1.807) is 0 Å². The largest absolute Gasteiger partial charge is 0.480 e. The van der Waals surface area contributed by atoms with E-state index < -0.39 is 12.3 Å². The molecule has 0 bridgehead atoms. The highest BCUT2D eigenvalue weighted by atomic mass is 32.4. The Labute approximate surface area is 199 Å².